The fraction of sp³-hybridized carbons (Fsp3) is 0.700. The molecule has 1 saturated heterocycles. The van der Waals surface area contributed by atoms with Gasteiger partial charge < -0.3 is 10.5 Å². The Labute approximate surface area is 89.1 Å². The van der Waals surface area contributed by atoms with Crippen molar-refractivity contribution in [1.82, 2.24) is 15.0 Å². The van der Waals surface area contributed by atoms with Crippen LogP contribution in [0.5, 0.6) is 0 Å². The van der Waals surface area contributed by atoms with E-state index >= 15 is 0 Å². The molecule has 1 unspecified atom stereocenters. The van der Waals surface area contributed by atoms with Crippen molar-refractivity contribution in [2.24, 2.45) is 0 Å². The molecule has 2 heterocycles. The summed E-state index contributed by atoms with van der Waals surface area (Å²) >= 11 is 0. The molecule has 1 fully saturated rings. The lowest BCUT2D eigenvalue weighted by molar-refractivity contribution is 0.110. The molecular formula is C10H16N4O. The van der Waals surface area contributed by atoms with Crippen LogP contribution >= 0.6 is 0 Å². The zero-order chi connectivity index (χ0) is 10.7. The maximum absolute atomic E-state index is 5.61. The van der Waals surface area contributed by atoms with Crippen LogP contribution in [0.2, 0.25) is 0 Å². The highest BCUT2D eigenvalue weighted by Gasteiger charge is 2.17. The number of ether oxygens (including phenoxy) is 1. The van der Waals surface area contributed by atoms with E-state index in [9.17, 15) is 0 Å². The number of hydrogen-bond donors (Lipinski definition) is 1. The molecule has 2 N–H and O–H groups in total. The molecule has 1 aromatic rings. The van der Waals surface area contributed by atoms with E-state index < -0.39 is 0 Å². The van der Waals surface area contributed by atoms with Gasteiger partial charge in [0.25, 0.3) is 0 Å². The van der Waals surface area contributed by atoms with Crippen LogP contribution in [0, 0.1) is 0 Å². The molecule has 0 radical (unpaired) electrons. The van der Waals surface area contributed by atoms with Crippen molar-refractivity contribution in [3.05, 3.63) is 11.6 Å². The van der Waals surface area contributed by atoms with Gasteiger partial charge in [-0.25, -0.2) is 4.98 Å². The van der Waals surface area contributed by atoms with E-state index in [0.717, 1.165) is 43.9 Å². The molecule has 0 aliphatic carbocycles. The Morgan fingerprint density at radius 3 is 2.80 bits per heavy atom. The van der Waals surface area contributed by atoms with Gasteiger partial charge in [0.1, 0.15) is 11.6 Å². The van der Waals surface area contributed by atoms with Gasteiger partial charge in [0.05, 0.1) is 6.10 Å². The second kappa shape index (κ2) is 4.53. The Morgan fingerprint density at radius 1 is 1.33 bits per heavy atom. The molecule has 82 valence electrons. The number of rotatable bonds is 3. The lowest BCUT2D eigenvalue weighted by atomic mass is 10.2. The Balaban J connectivity index is 2.09. The largest absolute Gasteiger partial charge is 0.378 e. The van der Waals surface area contributed by atoms with Gasteiger partial charge in [0, 0.05) is 19.4 Å². The van der Waals surface area contributed by atoms with Crippen LogP contribution in [0.15, 0.2) is 0 Å². The molecule has 0 amide bonds. The monoisotopic (exact) mass is 208 g/mol. The first-order chi connectivity index (χ1) is 7.28. The molecule has 2 rings (SSSR count). The molecule has 5 nitrogen and oxygen atoms in total. The van der Waals surface area contributed by atoms with E-state index in [2.05, 4.69) is 15.0 Å². The quantitative estimate of drug-likeness (QED) is 0.793. The number of nitrogen functional groups attached to an aromatic ring is 1. The Kier molecular flexibility index (Phi) is 3.11. The lowest BCUT2D eigenvalue weighted by Gasteiger charge is -2.08. The van der Waals surface area contributed by atoms with Crippen molar-refractivity contribution in [1.29, 1.82) is 0 Å². The average molecular weight is 208 g/mol. The van der Waals surface area contributed by atoms with Crippen molar-refractivity contribution >= 4 is 5.95 Å². The summed E-state index contributed by atoms with van der Waals surface area (Å²) in [5, 5.41) is 0. The summed E-state index contributed by atoms with van der Waals surface area (Å²) in [5.74, 6) is 1.83. The highest BCUT2D eigenvalue weighted by molar-refractivity contribution is 5.16. The average Bonchev–Trinajstić information content (AvgIpc) is 2.69. The van der Waals surface area contributed by atoms with Gasteiger partial charge in [-0.2, -0.15) is 9.97 Å². The minimum Gasteiger partial charge on any atom is -0.378 e. The number of hydrogen-bond acceptors (Lipinski definition) is 5. The minimum atomic E-state index is 0.261. The minimum absolute atomic E-state index is 0.261. The van der Waals surface area contributed by atoms with Gasteiger partial charge in [-0.1, -0.05) is 6.92 Å². The van der Waals surface area contributed by atoms with Gasteiger partial charge in [-0.05, 0) is 12.8 Å². The Bertz CT molecular complexity index is 336. The summed E-state index contributed by atoms with van der Waals surface area (Å²) in [6.07, 6.45) is 4.01. The molecule has 0 spiro atoms. The lowest BCUT2D eigenvalue weighted by Crippen LogP contribution is -2.14. The molecule has 5 heteroatoms. The number of nitrogens with two attached hydrogens (primary N) is 1. The highest BCUT2D eigenvalue weighted by atomic mass is 16.5. The molecule has 1 atom stereocenters. The summed E-state index contributed by atoms with van der Waals surface area (Å²) < 4.78 is 5.53. The highest BCUT2D eigenvalue weighted by Crippen LogP contribution is 2.15. The number of nitrogens with zero attached hydrogens (tertiary/aromatic N) is 3. The third-order valence-corrected chi connectivity index (χ3v) is 2.50. The molecule has 1 aliphatic rings. The van der Waals surface area contributed by atoms with E-state index in [0.29, 0.717) is 5.95 Å². The van der Waals surface area contributed by atoms with Gasteiger partial charge in [-0.3, -0.25) is 0 Å². The first-order valence-corrected chi connectivity index (χ1v) is 5.39. The summed E-state index contributed by atoms with van der Waals surface area (Å²) in [4.78, 5) is 12.5. The normalized spacial score (nSPS) is 20.7. The summed E-state index contributed by atoms with van der Waals surface area (Å²) in [6, 6.07) is 0. The standard InChI is InChI=1S/C10H16N4O/c1-2-8-12-9(14-10(11)13-8)6-7-4-3-5-15-7/h7H,2-6H2,1H3,(H2,11,12,13,14). The van der Waals surface area contributed by atoms with Crippen molar-refractivity contribution in [2.75, 3.05) is 12.3 Å². The van der Waals surface area contributed by atoms with Crippen LogP contribution in [0.4, 0.5) is 5.95 Å². The van der Waals surface area contributed by atoms with Gasteiger partial charge >= 0.3 is 0 Å². The zero-order valence-corrected chi connectivity index (χ0v) is 8.94. The Hall–Kier alpha value is -1.23. The van der Waals surface area contributed by atoms with Gasteiger partial charge in [0.15, 0.2) is 0 Å². The molecule has 1 aliphatic heterocycles. The summed E-state index contributed by atoms with van der Waals surface area (Å²) in [5.41, 5.74) is 5.61. The van der Waals surface area contributed by atoms with Crippen LogP contribution in [0.25, 0.3) is 0 Å². The van der Waals surface area contributed by atoms with Crippen molar-refractivity contribution < 1.29 is 4.74 Å². The van der Waals surface area contributed by atoms with E-state index in [4.69, 9.17) is 10.5 Å². The topological polar surface area (TPSA) is 73.9 Å². The van der Waals surface area contributed by atoms with E-state index in [1.54, 1.807) is 0 Å². The molecule has 0 aromatic carbocycles. The first kappa shape index (κ1) is 10.3. The predicted octanol–water partition coefficient (Wildman–Crippen LogP) is 0.738. The van der Waals surface area contributed by atoms with Crippen LogP contribution < -0.4 is 5.73 Å². The van der Waals surface area contributed by atoms with Crippen LogP contribution in [-0.2, 0) is 17.6 Å². The van der Waals surface area contributed by atoms with E-state index in [1.807, 2.05) is 6.92 Å². The maximum atomic E-state index is 5.61. The molecule has 0 bridgehead atoms. The predicted molar refractivity (Wildman–Crippen MR) is 56.3 cm³/mol. The number of anilines is 1. The molecule has 0 saturated carbocycles. The van der Waals surface area contributed by atoms with Crippen molar-refractivity contribution in [3.8, 4) is 0 Å². The second-order valence-corrected chi connectivity index (χ2v) is 3.72. The van der Waals surface area contributed by atoms with E-state index in [1.165, 1.54) is 0 Å². The third-order valence-electron chi connectivity index (χ3n) is 2.50. The van der Waals surface area contributed by atoms with Crippen LogP contribution in [-0.4, -0.2) is 27.7 Å². The second-order valence-electron chi connectivity index (χ2n) is 3.72. The van der Waals surface area contributed by atoms with Gasteiger partial charge in [0.2, 0.25) is 5.95 Å². The van der Waals surface area contributed by atoms with Crippen molar-refractivity contribution in [3.63, 3.8) is 0 Å². The SMILES string of the molecule is CCc1nc(N)nc(CC2CCCO2)n1. The zero-order valence-electron chi connectivity index (χ0n) is 8.94. The number of aryl methyl sites for hydroxylation is 1. The van der Waals surface area contributed by atoms with Crippen LogP contribution in [0.1, 0.15) is 31.4 Å². The van der Waals surface area contributed by atoms with E-state index in [-0.39, 0.29) is 6.10 Å². The fourth-order valence-electron chi connectivity index (χ4n) is 1.75. The molecular weight excluding hydrogens is 192 g/mol. The fourth-order valence-corrected chi connectivity index (χ4v) is 1.75. The molecule has 1 aromatic heterocycles. The Morgan fingerprint density at radius 2 is 2.13 bits per heavy atom. The van der Waals surface area contributed by atoms with Gasteiger partial charge in [-0.15, -0.1) is 0 Å². The van der Waals surface area contributed by atoms with Crippen molar-refractivity contribution in [2.45, 2.75) is 38.7 Å². The third kappa shape index (κ3) is 2.62. The number of aromatic nitrogens is 3. The van der Waals surface area contributed by atoms with Crippen LogP contribution in [0.3, 0.4) is 0 Å². The summed E-state index contributed by atoms with van der Waals surface area (Å²) in [6.45, 7) is 2.86. The summed E-state index contributed by atoms with van der Waals surface area (Å²) in [7, 11) is 0. The molecule has 15 heavy (non-hydrogen) atoms. The maximum Gasteiger partial charge on any atom is 0.223 e. The first-order valence-electron chi connectivity index (χ1n) is 5.39. The smallest absolute Gasteiger partial charge is 0.223 e.